The SMILES string of the molecule is O=C1C(O)=C(c2ccccc2)C(c2ccc(Cl)cc2)N1c1nn[nH]n1. The van der Waals surface area contributed by atoms with Crippen molar-refractivity contribution in [2.45, 2.75) is 6.04 Å². The summed E-state index contributed by atoms with van der Waals surface area (Å²) in [6.07, 6.45) is 0. The van der Waals surface area contributed by atoms with Gasteiger partial charge in [-0.1, -0.05) is 59.2 Å². The third kappa shape index (κ3) is 2.54. The van der Waals surface area contributed by atoms with E-state index in [9.17, 15) is 9.90 Å². The van der Waals surface area contributed by atoms with Crippen LogP contribution in [0.2, 0.25) is 5.02 Å². The van der Waals surface area contributed by atoms with E-state index < -0.39 is 11.9 Å². The molecule has 0 fully saturated rings. The van der Waals surface area contributed by atoms with E-state index in [1.54, 1.807) is 24.3 Å². The second-order valence-corrected chi connectivity index (χ2v) is 5.91. The minimum Gasteiger partial charge on any atom is -0.503 e. The van der Waals surface area contributed by atoms with Crippen molar-refractivity contribution >= 4 is 29.0 Å². The summed E-state index contributed by atoms with van der Waals surface area (Å²) in [6.45, 7) is 0. The molecule has 1 aliphatic rings. The molecule has 3 aromatic rings. The maximum absolute atomic E-state index is 12.7. The summed E-state index contributed by atoms with van der Waals surface area (Å²) in [6, 6.07) is 15.7. The van der Waals surface area contributed by atoms with Gasteiger partial charge in [0.15, 0.2) is 5.76 Å². The first-order chi connectivity index (χ1) is 12.2. The zero-order valence-corrected chi connectivity index (χ0v) is 13.6. The Bertz CT molecular complexity index is 939. The van der Waals surface area contributed by atoms with E-state index in [0.717, 1.165) is 11.1 Å². The topological polar surface area (TPSA) is 95.0 Å². The lowest BCUT2D eigenvalue weighted by atomic mass is 9.94. The predicted molar refractivity (Wildman–Crippen MR) is 91.8 cm³/mol. The van der Waals surface area contributed by atoms with Crippen molar-refractivity contribution in [3.8, 4) is 0 Å². The van der Waals surface area contributed by atoms with Gasteiger partial charge in [-0.3, -0.25) is 9.69 Å². The average Bonchev–Trinajstić information content (AvgIpc) is 3.24. The lowest BCUT2D eigenvalue weighted by Crippen LogP contribution is -2.31. The molecule has 0 bridgehead atoms. The van der Waals surface area contributed by atoms with E-state index in [2.05, 4.69) is 20.6 Å². The highest BCUT2D eigenvalue weighted by Gasteiger charge is 2.43. The number of tetrazole rings is 1. The van der Waals surface area contributed by atoms with Gasteiger partial charge in [-0.2, -0.15) is 5.21 Å². The van der Waals surface area contributed by atoms with Crippen molar-refractivity contribution in [2.75, 3.05) is 4.90 Å². The van der Waals surface area contributed by atoms with Gasteiger partial charge in [0, 0.05) is 10.6 Å². The maximum Gasteiger partial charge on any atom is 0.296 e. The van der Waals surface area contributed by atoms with Crippen LogP contribution in [0.5, 0.6) is 0 Å². The summed E-state index contributed by atoms with van der Waals surface area (Å²) in [5.74, 6) is -0.835. The van der Waals surface area contributed by atoms with Crippen molar-refractivity contribution < 1.29 is 9.90 Å². The number of anilines is 1. The van der Waals surface area contributed by atoms with E-state index in [4.69, 9.17) is 11.6 Å². The summed E-state index contributed by atoms with van der Waals surface area (Å²) >= 11 is 5.98. The normalized spacial score (nSPS) is 17.4. The Balaban J connectivity index is 1.91. The van der Waals surface area contributed by atoms with E-state index in [1.807, 2.05) is 30.3 Å². The molecule has 0 radical (unpaired) electrons. The molecule has 7 nitrogen and oxygen atoms in total. The number of carbonyl (C=O) groups excluding carboxylic acids is 1. The summed E-state index contributed by atoms with van der Waals surface area (Å²) < 4.78 is 0. The molecule has 1 atom stereocenters. The van der Waals surface area contributed by atoms with Crippen LogP contribution in [-0.4, -0.2) is 31.6 Å². The molecule has 0 aliphatic carbocycles. The van der Waals surface area contributed by atoms with Gasteiger partial charge in [-0.15, -0.1) is 5.10 Å². The number of halogens is 1. The van der Waals surface area contributed by atoms with Gasteiger partial charge < -0.3 is 5.11 Å². The van der Waals surface area contributed by atoms with Gasteiger partial charge in [-0.25, -0.2) is 0 Å². The van der Waals surface area contributed by atoms with E-state index >= 15 is 0 Å². The number of nitrogens with one attached hydrogen (secondary N) is 1. The molecule has 0 saturated carbocycles. The summed E-state index contributed by atoms with van der Waals surface area (Å²) in [5.41, 5.74) is 1.99. The number of carbonyl (C=O) groups is 1. The highest BCUT2D eigenvalue weighted by atomic mass is 35.5. The number of nitrogens with zero attached hydrogens (tertiary/aromatic N) is 4. The zero-order valence-electron chi connectivity index (χ0n) is 12.8. The van der Waals surface area contributed by atoms with Gasteiger partial charge in [0.25, 0.3) is 11.9 Å². The third-order valence-electron chi connectivity index (χ3n) is 4.03. The number of aliphatic hydroxyl groups excluding tert-OH is 1. The van der Waals surface area contributed by atoms with Crippen LogP contribution in [-0.2, 0) is 4.79 Å². The Labute approximate surface area is 147 Å². The van der Waals surface area contributed by atoms with Crippen molar-refractivity contribution in [3.63, 3.8) is 0 Å². The van der Waals surface area contributed by atoms with Gasteiger partial charge in [0.05, 0.1) is 6.04 Å². The Morgan fingerprint density at radius 3 is 2.44 bits per heavy atom. The second-order valence-electron chi connectivity index (χ2n) is 5.47. The molecule has 4 rings (SSSR count). The highest BCUT2D eigenvalue weighted by Crippen LogP contribution is 2.44. The fraction of sp³-hybridized carbons (Fsp3) is 0.0588. The molecule has 2 N–H and O–H groups in total. The molecule has 25 heavy (non-hydrogen) atoms. The summed E-state index contributed by atoms with van der Waals surface area (Å²) in [4.78, 5) is 14.0. The third-order valence-corrected chi connectivity index (χ3v) is 4.28. The number of H-pyrrole nitrogens is 1. The molecular weight excluding hydrogens is 342 g/mol. The number of aromatic amines is 1. The van der Waals surface area contributed by atoms with Crippen LogP contribution in [0, 0.1) is 0 Å². The quantitative estimate of drug-likeness (QED) is 0.754. The van der Waals surface area contributed by atoms with E-state index in [-0.39, 0.29) is 11.7 Å². The van der Waals surface area contributed by atoms with Crippen LogP contribution < -0.4 is 4.90 Å². The van der Waals surface area contributed by atoms with Gasteiger partial charge in [-0.05, 0) is 28.5 Å². The maximum atomic E-state index is 12.7. The van der Waals surface area contributed by atoms with Gasteiger partial charge in [0.2, 0.25) is 0 Å². The number of hydrogen-bond acceptors (Lipinski definition) is 5. The standard InChI is InChI=1S/C17H12ClN5O2/c18-12-8-6-11(7-9-12)14-13(10-4-2-1-3-5-10)15(24)16(25)23(14)17-19-21-22-20-17/h1-9,14,24H,(H,19,20,21,22). The van der Waals surface area contributed by atoms with Crippen LogP contribution in [0.15, 0.2) is 60.4 Å². The molecule has 1 aromatic heterocycles. The molecule has 1 aliphatic heterocycles. The first kappa shape index (κ1) is 15.3. The highest BCUT2D eigenvalue weighted by molar-refractivity contribution is 6.30. The van der Waals surface area contributed by atoms with E-state index in [1.165, 1.54) is 4.90 Å². The van der Waals surface area contributed by atoms with E-state index in [0.29, 0.717) is 10.6 Å². The minimum absolute atomic E-state index is 0.0856. The molecule has 8 heteroatoms. The van der Waals surface area contributed by atoms with Crippen molar-refractivity contribution in [1.29, 1.82) is 0 Å². The summed E-state index contributed by atoms with van der Waals surface area (Å²) in [7, 11) is 0. The van der Waals surface area contributed by atoms with Crippen LogP contribution in [0.25, 0.3) is 5.57 Å². The Hall–Kier alpha value is -3.19. The number of benzene rings is 2. The fourth-order valence-electron chi connectivity index (χ4n) is 2.94. The van der Waals surface area contributed by atoms with Gasteiger partial charge in [0.1, 0.15) is 0 Å². The monoisotopic (exact) mass is 353 g/mol. The van der Waals surface area contributed by atoms with Crippen molar-refractivity contribution in [2.24, 2.45) is 0 Å². The predicted octanol–water partition coefficient (Wildman–Crippen LogP) is 2.91. The number of aromatic nitrogens is 4. The Morgan fingerprint density at radius 1 is 1.08 bits per heavy atom. The van der Waals surface area contributed by atoms with Crippen LogP contribution >= 0.6 is 11.6 Å². The molecule has 0 saturated heterocycles. The Morgan fingerprint density at radius 2 is 1.80 bits per heavy atom. The van der Waals surface area contributed by atoms with Crippen LogP contribution in [0.1, 0.15) is 17.2 Å². The lowest BCUT2D eigenvalue weighted by molar-refractivity contribution is -0.117. The van der Waals surface area contributed by atoms with Crippen LogP contribution in [0.4, 0.5) is 5.95 Å². The first-order valence-electron chi connectivity index (χ1n) is 7.48. The van der Waals surface area contributed by atoms with Crippen molar-refractivity contribution in [3.05, 3.63) is 76.5 Å². The molecule has 1 amide bonds. The molecule has 2 heterocycles. The van der Waals surface area contributed by atoms with Gasteiger partial charge >= 0.3 is 0 Å². The minimum atomic E-state index is -0.593. The number of hydrogen-bond donors (Lipinski definition) is 2. The molecule has 0 spiro atoms. The number of rotatable bonds is 3. The Kier molecular flexibility index (Phi) is 3.70. The molecule has 2 aromatic carbocycles. The molecule has 124 valence electrons. The first-order valence-corrected chi connectivity index (χ1v) is 7.85. The zero-order chi connectivity index (χ0) is 17.4. The summed E-state index contributed by atoms with van der Waals surface area (Å²) in [5, 5.41) is 24.8. The largest absolute Gasteiger partial charge is 0.503 e. The second kappa shape index (κ2) is 6.03. The van der Waals surface area contributed by atoms with Crippen LogP contribution in [0.3, 0.4) is 0 Å². The average molecular weight is 354 g/mol. The lowest BCUT2D eigenvalue weighted by Gasteiger charge is -2.24. The van der Waals surface area contributed by atoms with Crippen molar-refractivity contribution in [1.82, 2.24) is 20.6 Å². The molecular formula is C17H12ClN5O2. The fourth-order valence-corrected chi connectivity index (χ4v) is 3.07. The number of aliphatic hydroxyl groups is 1. The smallest absolute Gasteiger partial charge is 0.296 e. The molecule has 1 unspecified atom stereocenters. The number of amides is 1.